The molecule has 142 valence electrons. The maximum absolute atomic E-state index is 10.8. The van der Waals surface area contributed by atoms with Crippen LogP contribution in [0, 0.1) is 0 Å². The maximum Gasteiger partial charge on any atom is 0.243 e. The van der Waals surface area contributed by atoms with E-state index in [0.717, 1.165) is 19.3 Å². The lowest BCUT2D eigenvalue weighted by Gasteiger charge is -2.41. The fourth-order valence-electron chi connectivity index (χ4n) is 2.66. The third-order valence-corrected chi connectivity index (χ3v) is 4.02. The van der Waals surface area contributed by atoms with Crippen LogP contribution in [0.3, 0.4) is 0 Å². The molecule has 5 atom stereocenters. The van der Waals surface area contributed by atoms with Crippen LogP contribution in [0.5, 0.6) is 0 Å². The smallest absolute Gasteiger partial charge is 0.243 e. The average Bonchev–Trinajstić information content (AvgIpc) is 2.56. The second-order valence-electron chi connectivity index (χ2n) is 6.09. The van der Waals surface area contributed by atoms with Gasteiger partial charge in [0.25, 0.3) is 0 Å². The molecule has 8 nitrogen and oxygen atoms in total. The van der Waals surface area contributed by atoms with E-state index in [1.165, 1.54) is 19.3 Å². The van der Waals surface area contributed by atoms with Crippen molar-refractivity contribution in [2.45, 2.75) is 76.2 Å². The second-order valence-corrected chi connectivity index (χ2v) is 6.09. The highest BCUT2D eigenvalue weighted by Gasteiger charge is 2.45. The van der Waals surface area contributed by atoms with Crippen LogP contribution in [0.1, 0.15) is 45.4 Å². The number of unbranched alkanes of at least 4 members (excludes halogenated alkanes) is 5. The summed E-state index contributed by atoms with van der Waals surface area (Å²) in [5.74, 6) is -0.713. The molecule has 1 aliphatic heterocycles. The molecule has 0 aliphatic carbocycles. The molecular weight excluding hydrogens is 318 g/mol. The first kappa shape index (κ1) is 21.3. The van der Waals surface area contributed by atoms with E-state index in [4.69, 9.17) is 19.9 Å². The van der Waals surface area contributed by atoms with Gasteiger partial charge in [-0.25, -0.2) is 0 Å². The predicted molar refractivity (Wildman–Crippen MR) is 86.0 cm³/mol. The molecule has 24 heavy (non-hydrogen) atoms. The zero-order valence-electron chi connectivity index (χ0n) is 14.3. The number of carbonyl (C=O) groups is 1. The van der Waals surface area contributed by atoms with Crippen LogP contribution in [0.15, 0.2) is 0 Å². The van der Waals surface area contributed by atoms with Crippen LogP contribution in [0.2, 0.25) is 0 Å². The van der Waals surface area contributed by atoms with Crippen molar-refractivity contribution in [2.24, 2.45) is 5.73 Å². The minimum absolute atomic E-state index is 0.394. The largest absolute Gasteiger partial charge is 0.394 e. The summed E-state index contributed by atoms with van der Waals surface area (Å²) in [5.41, 5.74) is 4.99. The van der Waals surface area contributed by atoms with E-state index in [-0.39, 0.29) is 0 Å². The summed E-state index contributed by atoms with van der Waals surface area (Å²) < 4.78 is 16.1. The van der Waals surface area contributed by atoms with Crippen molar-refractivity contribution < 1.29 is 34.3 Å². The quantitative estimate of drug-likeness (QED) is 0.355. The van der Waals surface area contributed by atoms with Crippen molar-refractivity contribution in [3.63, 3.8) is 0 Å². The molecule has 1 saturated heterocycles. The summed E-state index contributed by atoms with van der Waals surface area (Å²) in [6.07, 6.45) is 0.942. The number of nitrogens with two attached hydrogens (primary N) is 1. The number of primary amides is 1. The fourth-order valence-corrected chi connectivity index (χ4v) is 2.66. The van der Waals surface area contributed by atoms with E-state index in [0.29, 0.717) is 6.61 Å². The van der Waals surface area contributed by atoms with E-state index in [9.17, 15) is 20.1 Å². The highest BCUT2D eigenvalue weighted by atomic mass is 16.7. The Balaban J connectivity index is 2.38. The Hall–Kier alpha value is -0.770. The Kier molecular flexibility index (Phi) is 10.4. The third kappa shape index (κ3) is 7.00. The van der Waals surface area contributed by atoms with Gasteiger partial charge in [-0.2, -0.15) is 0 Å². The summed E-state index contributed by atoms with van der Waals surface area (Å²) in [6.45, 7) is 1.68. The minimum atomic E-state index is -1.34. The second kappa shape index (κ2) is 11.7. The molecule has 1 rings (SSSR count). The molecule has 0 aromatic carbocycles. The zero-order valence-corrected chi connectivity index (χ0v) is 14.3. The molecule has 0 radical (unpaired) electrons. The SMILES string of the molecule is CCCCCCCCO[C@@H]1O[C@H](CO)[C@@H](OCC(N)=O)[C@H](O)[C@H]1O. The van der Waals surface area contributed by atoms with Crippen molar-refractivity contribution in [1.82, 2.24) is 0 Å². The number of aliphatic hydroxyl groups excluding tert-OH is 3. The molecular formula is C16H31NO7. The van der Waals surface area contributed by atoms with Gasteiger partial charge in [-0.3, -0.25) is 4.79 Å². The zero-order chi connectivity index (χ0) is 17.9. The van der Waals surface area contributed by atoms with Gasteiger partial charge in [-0.05, 0) is 6.42 Å². The molecule has 1 aliphatic rings. The summed E-state index contributed by atoms with van der Waals surface area (Å²) in [6, 6.07) is 0. The summed E-state index contributed by atoms with van der Waals surface area (Å²) in [5, 5.41) is 29.6. The topological polar surface area (TPSA) is 131 Å². The van der Waals surface area contributed by atoms with Crippen LogP contribution >= 0.6 is 0 Å². The van der Waals surface area contributed by atoms with Crippen LogP contribution in [0.25, 0.3) is 0 Å². The number of hydrogen-bond acceptors (Lipinski definition) is 7. The van der Waals surface area contributed by atoms with Crippen molar-refractivity contribution in [3.8, 4) is 0 Å². The Morgan fingerprint density at radius 3 is 2.38 bits per heavy atom. The van der Waals surface area contributed by atoms with Gasteiger partial charge in [0, 0.05) is 6.61 Å². The van der Waals surface area contributed by atoms with Gasteiger partial charge in [0.05, 0.1) is 6.61 Å². The number of amides is 1. The molecule has 1 amide bonds. The van der Waals surface area contributed by atoms with Crippen LogP contribution in [-0.4, -0.2) is 71.8 Å². The van der Waals surface area contributed by atoms with Gasteiger partial charge in [-0.15, -0.1) is 0 Å². The van der Waals surface area contributed by atoms with Crippen LogP contribution in [0.4, 0.5) is 0 Å². The standard InChI is InChI=1S/C16H31NO7/c1-2-3-4-5-6-7-8-22-16-14(21)13(20)15(11(9-18)24-16)23-10-12(17)19/h11,13-16,18,20-21H,2-10H2,1H3,(H2,17,19)/t11-,13-,14-,15-,16-/m1/s1. The Morgan fingerprint density at radius 2 is 1.75 bits per heavy atom. The Morgan fingerprint density at radius 1 is 1.08 bits per heavy atom. The van der Waals surface area contributed by atoms with Crippen LogP contribution < -0.4 is 5.73 Å². The first-order valence-electron chi connectivity index (χ1n) is 8.65. The van der Waals surface area contributed by atoms with Crippen molar-refractivity contribution in [2.75, 3.05) is 19.8 Å². The van der Waals surface area contributed by atoms with Crippen molar-refractivity contribution in [3.05, 3.63) is 0 Å². The first-order chi connectivity index (χ1) is 11.5. The maximum atomic E-state index is 10.8. The van der Waals surface area contributed by atoms with E-state index in [1.807, 2.05) is 0 Å². The van der Waals surface area contributed by atoms with Crippen molar-refractivity contribution in [1.29, 1.82) is 0 Å². The molecule has 1 fully saturated rings. The molecule has 0 spiro atoms. The summed E-state index contributed by atoms with van der Waals surface area (Å²) >= 11 is 0. The van der Waals surface area contributed by atoms with E-state index < -0.39 is 49.8 Å². The molecule has 0 unspecified atom stereocenters. The van der Waals surface area contributed by atoms with E-state index in [1.54, 1.807) is 0 Å². The molecule has 5 N–H and O–H groups in total. The van der Waals surface area contributed by atoms with Gasteiger partial charge < -0.3 is 35.3 Å². The van der Waals surface area contributed by atoms with Gasteiger partial charge in [0.2, 0.25) is 5.91 Å². The average molecular weight is 349 g/mol. The monoisotopic (exact) mass is 349 g/mol. The fraction of sp³-hybridized carbons (Fsp3) is 0.938. The molecule has 0 aromatic heterocycles. The number of rotatable bonds is 12. The van der Waals surface area contributed by atoms with E-state index >= 15 is 0 Å². The lowest BCUT2D eigenvalue weighted by atomic mass is 9.99. The van der Waals surface area contributed by atoms with Crippen molar-refractivity contribution >= 4 is 5.91 Å². The number of carbonyl (C=O) groups excluding carboxylic acids is 1. The molecule has 0 bridgehead atoms. The first-order valence-corrected chi connectivity index (χ1v) is 8.65. The predicted octanol–water partition coefficient (Wildman–Crippen LogP) is -0.327. The molecule has 0 aromatic rings. The number of hydrogen-bond donors (Lipinski definition) is 4. The van der Waals surface area contributed by atoms with Gasteiger partial charge >= 0.3 is 0 Å². The Labute approximate surface area is 142 Å². The van der Waals surface area contributed by atoms with Gasteiger partial charge in [-0.1, -0.05) is 39.0 Å². The van der Waals surface area contributed by atoms with E-state index in [2.05, 4.69) is 6.92 Å². The molecule has 0 saturated carbocycles. The molecule has 8 heteroatoms. The lowest BCUT2D eigenvalue weighted by Crippen LogP contribution is -2.60. The normalized spacial score (nSPS) is 30.4. The summed E-state index contributed by atoms with van der Waals surface area (Å²) in [7, 11) is 0. The highest BCUT2D eigenvalue weighted by Crippen LogP contribution is 2.24. The number of ether oxygens (including phenoxy) is 3. The number of aliphatic hydroxyl groups is 3. The lowest BCUT2D eigenvalue weighted by molar-refractivity contribution is -0.306. The highest BCUT2D eigenvalue weighted by molar-refractivity contribution is 5.75. The van der Waals surface area contributed by atoms with Gasteiger partial charge in [0.1, 0.15) is 31.0 Å². The third-order valence-electron chi connectivity index (χ3n) is 4.02. The molecule has 1 heterocycles. The Bertz CT molecular complexity index is 353. The van der Waals surface area contributed by atoms with Crippen LogP contribution in [-0.2, 0) is 19.0 Å². The summed E-state index contributed by atoms with van der Waals surface area (Å²) in [4.78, 5) is 10.8. The minimum Gasteiger partial charge on any atom is -0.394 e. The van der Waals surface area contributed by atoms with Gasteiger partial charge in [0.15, 0.2) is 6.29 Å².